The second-order valence-corrected chi connectivity index (χ2v) is 6.93. The van der Waals surface area contributed by atoms with Crippen LogP contribution in [0.4, 0.5) is 4.39 Å². The van der Waals surface area contributed by atoms with Gasteiger partial charge in [-0.15, -0.1) is 0 Å². The van der Waals surface area contributed by atoms with Gasteiger partial charge in [-0.3, -0.25) is 4.79 Å². The normalized spacial score (nSPS) is 19.6. The first kappa shape index (κ1) is 18.6. The van der Waals surface area contributed by atoms with Crippen molar-refractivity contribution in [3.8, 4) is 0 Å². The van der Waals surface area contributed by atoms with Crippen LogP contribution in [0.15, 0.2) is 23.7 Å². The lowest BCUT2D eigenvalue weighted by Crippen LogP contribution is -2.41. The smallest absolute Gasteiger partial charge is 0.481 e. The van der Waals surface area contributed by atoms with E-state index >= 15 is 0 Å². The Morgan fingerprint density at radius 2 is 1.88 bits per heavy atom. The summed E-state index contributed by atoms with van der Waals surface area (Å²) in [5.41, 5.74) is 6.36. The molecule has 0 aliphatic carbocycles. The molecule has 5 nitrogen and oxygen atoms in total. The molecule has 0 bridgehead atoms. The summed E-state index contributed by atoms with van der Waals surface area (Å²) in [4.78, 5) is 10.8. The molecule has 1 fully saturated rings. The molecule has 0 atom stereocenters. The first-order valence-corrected chi connectivity index (χ1v) is 7.82. The fourth-order valence-electron chi connectivity index (χ4n) is 2.41. The van der Waals surface area contributed by atoms with Gasteiger partial charge in [0.15, 0.2) is 0 Å². The minimum Gasteiger partial charge on any atom is -0.481 e. The van der Waals surface area contributed by atoms with E-state index in [4.69, 9.17) is 20.1 Å². The van der Waals surface area contributed by atoms with E-state index in [2.05, 4.69) is 0 Å². The summed E-state index contributed by atoms with van der Waals surface area (Å²) in [5, 5.41) is 8.86. The highest BCUT2D eigenvalue weighted by molar-refractivity contribution is 6.55. The highest BCUT2D eigenvalue weighted by Gasteiger charge is 2.52. The average molecular weight is 335 g/mol. The Balaban J connectivity index is 2.30. The summed E-state index contributed by atoms with van der Waals surface area (Å²) in [6.45, 7) is 8.00. The number of carbonyl (C=O) groups is 1. The Hall–Kier alpha value is -1.70. The van der Waals surface area contributed by atoms with Gasteiger partial charge in [-0.2, -0.15) is 0 Å². The predicted octanol–water partition coefficient (Wildman–Crippen LogP) is 2.43. The maximum Gasteiger partial charge on any atom is 0.491 e. The molecule has 3 N–H and O–H groups in total. The average Bonchev–Trinajstić information content (AvgIpc) is 2.67. The minimum atomic E-state index is -1.08. The number of carboxylic acid groups (broad SMARTS) is 1. The van der Waals surface area contributed by atoms with E-state index in [0.29, 0.717) is 11.0 Å². The van der Waals surface area contributed by atoms with E-state index in [1.807, 2.05) is 27.7 Å². The van der Waals surface area contributed by atoms with Crippen LogP contribution in [0.5, 0.6) is 0 Å². The predicted molar refractivity (Wildman–Crippen MR) is 90.9 cm³/mol. The Morgan fingerprint density at radius 1 is 1.29 bits per heavy atom. The molecular weight excluding hydrogens is 312 g/mol. The molecule has 1 aromatic carbocycles. The lowest BCUT2D eigenvalue weighted by molar-refractivity contribution is -0.136. The van der Waals surface area contributed by atoms with Crippen molar-refractivity contribution < 1.29 is 23.6 Å². The second kappa shape index (κ2) is 6.66. The van der Waals surface area contributed by atoms with Crippen molar-refractivity contribution in [2.24, 2.45) is 5.73 Å². The molecule has 0 radical (unpaired) electrons. The molecule has 1 aliphatic rings. The quantitative estimate of drug-likeness (QED) is 0.808. The highest BCUT2D eigenvalue weighted by atomic mass is 19.1. The van der Waals surface area contributed by atoms with Crippen LogP contribution in [-0.2, 0) is 20.5 Å². The van der Waals surface area contributed by atoms with Crippen molar-refractivity contribution in [1.29, 1.82) is 0 Å². The van der Waals surface area contributed by atoms with Gasteiger partial charge >= 0.3 is 13.1 Å². The van der Waals surface area contributed by atoms with E-state index in [1.54, 1.807) is 12.1 Å². The van der Waals surface area contributed by atoms with Crippen molar-refractivity contribution in [1.82, 2.24) is 0 Å². The molecule has 0 amide bonds. The van der Waals surface area contributed by atoms with Crippen LogP contribution in [0.3, 0.4) is 0 Å². The fraction of sp³-hybridized carbons (Fsp3) is 0.471. The van der Waals surface area contributed by atoms with Gasteiger partial charge in [0, 0.05) is 6.54 Å². The zero-order chi connectivity index (χ0) is 18.1. The van der Waals surface area contributed by atoms with Gasteiger partial charge in [0.25, 0.3) is 0 Å². The van der Waals surface area contributed by atoms with Crippen LogP contribution in [-0.4, -0.2) is 35.9 Å². The number of hydrogen-bond donors (Lipinski definition) is 2. The second-order valence-electron chi connectivity index (χ2n) is 6.93. The Kier molecular flexibility index (Phi) is 5.18. The molecule has 1 heterocycles. The summed E-state index contributed by atoms with van der Waals surface area (Å²) in [7, 11) is -0.590. The summed E-state index contributed by atoms with van der Waals surface area (Å²) in [6.07, 6.45) is 1.38. The number of rotatable bonds is 5. The molecule has 0 saturated carbocycles. The summed E-state index contributed by atoms with van der Waals surface area (Å²) in [6, 6.07) is 4.33. The maximum absolute atomic E-state index is 13.7. The van der Waals surface area contributed by atoms with Gasteiger partial charge in [-0.25, -0.2) is 4.39 Å². The van der Waals surface area contributed by atoms with Crippen LogP contribution in [0.25, 0.3) is 6.08 Å². The molecule has 1 aliphatic heterocycles. The molecule has 2 rings (SSSR count). The Bertz CT molecular complexity index is 657. The third-order valence-corrected chi connectivity index (χ3v) is 4.56. The van der Waals surface area contributed by atoms with Gasteiger partial charge < -0.3 is 20.1 Å². The van der Waals surface area contributed by atoms with E-state index in [0.717, 1.165) is 0 Å². The lowest BCUT2D eigenvalue weighted by Gasteiger charge is -2.32. The molecule has 0 spiro atoms. The van der Waals surface area contributed by atoms with Crippen LogP contribution >= 0.6 is 0 Å². The number of nitrogens with two attached hydrogens (primary N) is 1. The third kappa shape index (κ3) is 3.86. The van der Waals surface area contributed by atoms with Crippen molar-refractivity contribution in [3.63, 3.8) is 0 Å². The molecular formula is C17H23BFNO4. The van der Waals surface area contributed by atoms with E-state index < -0.39 is 30.1 Å². The van der Waals surface area contributed by atoms with E-state index in [-0.39, 0.29) is 18.5 Å². The number of benzene rings is 1. The minimum absolute atomic E-state index is 0.126. The first-order chi connectivity index (χ1) is 11.1. The summed E-state index contributed by atoms with van der Waals surface area (Å²) >= 11 is 0. The zero-order valence-electron chi connectivity index (χ0n) is 14.4. The Labute approximate surface area is 141 Å². The SMILES string of the molecule is CC1(C)OB(C(=Cc2ccc(F)c(CC(=O)O)c2)CN)OC1(C)C. The van der Waals surface area contributed by atoms with Crippen LogP contribution in [0, 0.1) is 5.82 Å². The number of carboxylic acids is 1. The largest absolute Gasteiger partial charge is 0.491 e. The van der Waals surface area contributed by atoms with Gasteiger partial charge in [0.2, 0.25) is 0 Å². The first-order valence-electron chi connectivity index (χ1n) is 7.82. The lowest BCUT2D eigenvalue weighted by atomic mass is 9.77. The van der Waals surface area contributed by atoms with Crippen LogP contribution in [0.2, 0.25) is 0 Å². The number of aliphatic carboxylic acids is 1. The van der Waals surface area contributed by atoms with Crippen molar-refractivity contribution in [2.45, 2.75) is 45.3 Å². The zero-order valence-corrected chi connectivity index (χ0v) is 14.4. The molecule has 7 heteroatoms. The van der Waals surface area contributed by atoms with E-state index in [9.17, 15) is 9.18 Å². The van der Waals surface area contributed by atoms with Gasteiger partial charge in [0.05, 0.1) is 17.6 Å². The Morgan fingerprint density at radius 3 is 2.38 bits per heavy atom. The maximum atomic E-state index is 13.7. The molecule has 0 unspecified atom stereocenters. The summed E-state index contributed by atoms with van der Waals surface area (Å²) < 4.78 is 25.6. The molecule has 130 valence electrons. The summed E-state index contributed by atoms with van der Waals surface area (Å²) in [5.74, 6) is -1.63. The molecule has 1 saturated heterocycles. The van der Waals surface area contributed by atoms with Gasteiger partial charge in [-0.05, 0) is 56.4 Å². The van der Waals surface area contributed by atoms with Crippen LogP contribution in [0.1, 0.15) is 38.8 Å². The van der Waals surface area contributed by atoms with Crippen molar-refractivity contribution >= 4 is 19.2 Å². The number of hydrogen-bond acceptors (Lipinski definition) is 4. The monoisotopic (exact) mass is 335 g/mol. The highest BCUT2D eigenvalue weighted by Crippen LogP contribution is 2.38. The number of halogens is 1. The van der Waals surface area contributed by atoms with Crippen molar-refractivity contribution in [2.75, 3.05) is 6.54 Å². The molecule has 0 aromatic heterocycles. The fourth-order valence-corrected chi connectivity index (χ4v) is 2.41. The standard InChI is InChI=1S/C17H23BFNO4/c1-16(2)17(3,4)24-18(23-16)13(10-20)8-11-5-6-14(19)12(7-11)9-15(21)22/h5-8H,9-10,20H2,1-4H3,(H,21,22). The van der Waals surface area contributed by atoms with E-state index in [1.165, 1.54) is 12.1 Å². The topological polar surface area (TPSA) is 81.8 Å². The van der Waals surface area contributed by atoms with Gasteiger partial charge in [0.1, 0.15) is 5.82 Å². The van der Waals surface area contributed by atoms with Crippen molar-refractivity contribution in [3.05, 3.63) is 40.6 Å². The molecule has 24 heavy (non-hydrogen) atoms. The third-order valence-electron chi connectivity index (χ3n) is 4.56. The van der Waals surface area contributed by atoms with Crippen LogP contribution < -0.4 is 5.73 Å². The molecule has 1 aromatic rings. The van der Waals surface area contributed by atoms with Gasteiger partial charge in [-0.1, -0.05) is 12.1 Å².